The van der Waals surface area contributed by atoms with Crippen molar-refractivity contribution in [2.75, 3.05) is 9.80 Å². The van der Waals surface area contributed by atoms with Crippen molar-refractivity contribution < 1.29 is 0 Å². The zero-order valence-electron chi connectivity index (χ0n) is 39.9. The van der Waals surface area contributed by atoms with Gasteiger partial charge in [0.1, 0.15) is 11.4 Å². The summed E-state index contributed by atoms with van der Waals surface area (Å²) in [5, 5.41) is 2.48. The van der Waals surface area contributed by atoms with Crippen molar-refractivity contribution >= 4 is 55.6 Å². The molecule has 12 aromatic rings. The molecule has 0 fully saturated rings. The van der Waals surface area contributed by atoms with E-state index in [-0.39, 0.29) is 12.0 Å². The summed E-state index contributed by atoms with van der Waals surface area (Å²) in [6.45, 7) is 0. The summed E-state index contributed by atoms with van der Waals surface area (Å²) in [4.78, 5) is 10.5. The van der Waals surface area contributed by atoms with Gasteiger partial charge in [0.15, 0.2) is 0 Å². The van der Waals surface area contributed by atoms with Crippen LogP contribution in [0.4, 0.5) is 22.7 Å². The first-order valence-corrected chi connectivity index (χ1v) is 25.3. The number of allylic oxidation sites excluding steroid dienone is 2. The first-order chi connectivity index (χ1) is 36.2. The Morgan fingerprint density at radius 1 is 0.384 bits per heavy atom. The molecule has 0 spiro atoms. The molecule has 0 radical (unpaired) electrons. The van der Waals surface area contributed by atoms with E-state index >= 15 is 0 Å². The lowest BCUT2D eigenvalue weighted by atomic mass is 9.70. The quantitative estimate of drug-likeness (QED) is 0.159. The highest BCUT2D eigenvalue weighted by Crippen LogP contribution is 2.62. The smallest absolute Gasteiger partial charge is 0.145 e. The van der Waals surface area contributed by atoms with Gasteiger partial charge in [0, 0.05) is 56.1 Å². The Labute approximate surface area is 424 Å². The van der Waals surface area contributed by atoms with E-state index in [1.165, 1.54) is 60.9 Å². The highest BCUT2D eigenvalue weighted by Gasteiger charge is 2.55. The maximum absolute atomic E-state index is 5.23. The van der Waals surface area contributed by atoms with Gasteiger partial charge in [-0.15, -0.1) is 0 Å². The van der Waals surface area contributed by atoms with Crippen molar-refractivity contribution in [2.24, 2.45) is 0 Å². The average Bonchev–Trinajstić information content (AvgIpc) is 4.13. The second-order valence-corrected chi connectivity index (χ2v) is 19.4. The van der Waals surface area contributed by atoms with Crippen LogP contribution >= 0.6 is 0 Å². The largest absolute Gasteiger partial charge is 0.346 e. The summed E-state index contributed by atoms with van der Waals surface area (Å²) in [6, 6.07) is 91.2. The lowest BCUT2D eigenvalue weighted by Gasteiger charge is -2.53. The number of hydrogen-bond acceptors (Lipinski definition) is 3. The molecule has 5 heteroatoms. The molecule has 2 aromatic heterocycles. The van der Waals surface area contributed by atoms with Gasteiger partial charge in [-0.05, 0) is 113 Å². The predicted molar refractivity (Wildman–Crippen MR) is 301 cm³/mol. The molecule has 1 aliphatic carbocycles. The van der Waals surface area contributed by atoms with Crippen LogP contribution in [0.2, 0.25) is 0 Å². The average molecular weight is 934 g/mol. The van der Waals surface area contributed by atoms with Crippen LogP contribution < -0.4 is 9.80 Å². The van der Waals surface area contributed by atoms with Crippen LogP contribution in [0.3, 0.4) is 0 Å². The number of benzene rings is 10. The van der Waals surface area contributed by atoms with Crippen molar-refractivity contribution in [3.63, 3.8) is 0 Å². The number of imidazole rings is 1. The number of para-hydroxylation sites is 7. The predicted octanol–water partition coefficient (Wildman–Crippen LogP) is 16.6. The second-order valence-electron chi connectivity index (χ2n) is 19.4. The van der Waals surface area contributed by atoms with Crippen LogP contribution in [0.1, 0.15) is 28.2 Å². The van der Waals surface area contributed by atoms with E-state index in [1.807, 2.05) is 0 Å². The molecule has 2 atom stereocenters. The van der Waals surface area contributed by atoms with Gasteiger partial charge in [0.25, 0.3) is 0 Å². The van der Waals surface area contributed by atoms with Crippen LogP contribution in [-0.2, 0) is 5.54 Å². The summed E-state index contributed by atoms with van der Waals surface area (Å²) in [7, 11) is 0. The molecule has 0 N–H and O–H groups in total. The van der Waals surface area contributed by atoms with Gasteiger partial charge >= 0.3 is 0 Å². The van der Waals surface area contributed by atoms with Crippen LogP contribution in [-0.4, -0.2) is 20.2 Å². The standard InChI is InChI=1S/C68H47N5/c1-4-20-46(21-5-1)47-36-40-49(41-37-47)68(73-61-32-16-11-27-54(61)56-44-65-55(45-66(56)73)53-26-10-15-31-60(53)70(65)50-22-6-2-7-23-50)57-28-12-17-33-62(57)71(63-34-18-13-29-58(63)68)52-42-38-48(39-43-52)67-69-59-30-14-19-35-64(59)72(67)51-24-8-3-9-25-51/h1-45,54,61H. The van der Waals surface area contributed by atoms with Crippen molar-refractivity contribution in [1.82, 2.24) is 14.1 Å². The Kier molecular flexibility index (Phi) is 9.23. The zero-order valence-corrected chi connectivity index (χ0v) is 39.9. The normalized spacial score (nSPS) is 16.2. The monoisotopic (exact) mass is 933 g/mol. The molecule has 0 bridgehead atoms. The van der Waals surface area contributed by atoms with Crippen molar-refractivity contribution in [1.29, 1.82) is 0 Å². The van der Waals surface area contributed by atoms with Gasteiger partial charge in [-0.1, -0.05) is 182 Å². The molecule has 0 saturated carbocycles. The Morgan fingerprint density at radius 3 is 1.66 bits per heavy atom. The molecule has 5 nitrogen and oxygen atoms in total. The van der Waals surface area contributed by atoms with Crippen LogP contribution in [0.15, 0.2) is 273 Å². The fourth-order valence-electron chi connectivity index (χ4n) is 12.6. The van der Waals surface area contributed by atoms with Crippen LogP contribution in [0, 0.1) is 0 Å². The number of hydrogen-bond donors (Lipinski definition) is 0. The zero-order chi connectivity index (χ0) is 48.0. The molecule has 4 heterocycles. The molecule has 10 aromatic carbocycles. The molecular weight excluding hydrogens is 887 g/mol. The van der Waals surface area contributed by atoms with Gasteiger partial charge in [0.2, 0.25) is 0 Å². The summed E-state index contributed by atoms with van der Waals surface area (Å²) in [5.74, 6) is 1.02. The van der Waals surface area contributed by atoms with Crippen LogP contribution in [0.25, 0.3) is 66.7 Å². The number of rotatable bonds is 7. The topological polar surface area (TPSA) is 29.2 Å². The van der Waals surface area contributed by atoms with Gasteiger partial charge in [-0.2, -0.15) is 0 Å². The third-order valence-electron chi connectivity index (χ3n) is 15.7. The number of anilines is 4. The molecule has 73 heavy (non-hydrogen) atoms. The molecule has 2 aliphatic heterocycles. The van der Waals surface area contributed by atoms with E-state index < -0.39 is 5.54 Å². The minimum Gasteiger partial charge on any atom is -0.346 e. The lowest BCUT2D eigenvalue weighted by Crippen LogP contribution is -2.54. The molecule has 2 unspecified atom stereocenters. The molecule has 0 amide bonds. The van der Waals surface area contributed by atoms with Crippen LogP contribution in [0.5, 0.6) is 0 Å². The van der Waals surface area contributed by atoms with E-state index in [0.717, 1.165) is 50.9 Å². The van der Waals surface area contributed by atoms with E-state index in [0.29, 0.717) is 0 Å². The number of fused-ring (bicyclic) bond motifs is 9. The van der Waals surface area contributed by atoms with E-state index in [9.17, 15) is 0 Å². The second kappa shape index (κ2) is 16.3. The van der Waals surface area contributed by atoms with E-state index in [4.69, 9.17) is 4.98 Å². The third-order valence-corrected chi connectivity index (χ3v) is 15.7. The summed E-state index contributed by atoms with van der Waals surface area (Å²) >= 11 is 0. The fourth-order valence-corrected chi connectivity index (χ4v) is 12.6. The summed E-state index contributed by atoms with van der Waals surface area (Å²) in [5.41, 5.74) is 18.9. The van der Waals surface area contributed by atoms with Gasteiger partial charge in [-0.3, -0.25) is 4.57 Å². The first-order valence-electron chi connectivity index (χ1n) is 25.3. The maximum Gasteiger partial charge on any atom is 0.145 e. The summed E-state index contributed by atoms with van der Waals surface area (Å²) in [6.07, 6.45) is 9.37. The van der Waals surface area contributed by atoms with Gasteiger partial charge < -0.3 is 14.4 Å². The molecular formula is C68H47N5. The van der Waals surface area contributed by atoms with Crippen molar-refractivity contribution in [3.8, 4) is 33.9 Å². The van der Waals surface area contributed by atoms with E-state index in [1.54, 1.807) is 0 Å². The van der Waals surface area contributed by atoms with Crippen molar-refractivity contribution in [2.45, 2.75) is 17.5 Å². The van der Waals surface area contributed by atoms with Crippen molar-refractivity contribution in [3.05, 3.63) is 295 Å². The Morgan fingerprint density at radius 2 is 0.945 bits per heavy atom. The fraction of sp³-hybridized carbons (Fsp3) is 0.0441. The lowest BCUT2D eigenvalue weighted by molar-refractivity contribution is 0.514. The Balaban J connectivity index is 0.969. The highest BCUT2D eigenvalue weighted by molar-refractivity contribution is 6.11. The Bertz CT molecular complexity index is 4100. The minimum absolute atomic E-state index is 0.00700. The minimum atomic E-state index is -0.783. The van der Waals surface area contributed by atoms with E-state index in [2.05, 4.69) is 292 Å². The van der Waals surface area contributed by atoms with Gasteiger partial charge in [0.05, 0.1) is 39.5 Å². The Hall–Kier alpha value is -9.45. The highest BCUT2D eigenvalue weighted by atomic mass is 15.3. The molecule has 344 valence electrons. The number of aromatic nitrogens is 3. The third kappa shape index (κ3) is 6.12. The maximum atomic E-state index is 5.23. The summed E-state index contributed by atoms with van der Waals surface area (Å²) < 4.78 is 4.73. The van der Waals surface area contributed by atoms with Gasteiger partial charge in [-0.25, -0.2) is 4.98 Å². The molecule has 3 aliphatic rings. The SMILES string of the molecule is C1=CC2c3cc4c(cc3N(C3(c5ccc(-c6ccccc6)cc5)c5ccccc5N(c5ccc(-c6nc7ccccc7n6-c6ccccc6)cc5)c5ccccc53)C2C=C1)c1ccccc1n4-c1ccccc1. The molecule has 0 saturated heterocycles. The molecule has 15 rings (SSSR count). The first kappa shape index (κ1) is 41.3. The number of nitrogens with zero attached hydrogens (tertiary/aromatic N) is 5.